The number of halogens is 6. The standard InChI is InChI=1S/C31H31F6N3O2/c1-2-40-27-7-4-3-6-25(27)26-16-21(8-9-28(26)40)20-39(11-5-10-38-12-14-42-15-13-38)29(41)22-17-23(30(32,33)34)19-24(18-22)31(35,36)37/h3-4,6-9,16-19H,2,5,10-15,20H2,1H3. The Labute approximate surface area is 239 Å². The maximum atomic E-state index is 13.7. The number of ether oxygens (including phenoxy) is 1. The van der Waals surface area contributed by atoms with Crippen LogP contribution in [0.1, 0.15) is 40.4 Å². The number of nitrogens with zero attached hydrogens (tertiary/aromatic N) is 3. The number of benzene rings is 3. The van der Waals surface area contributed by atoms with E-state index in [-0.39, 0.29) is 19.2 Å². The molecule has 1 amide bonds. The third-order valence-electron chi connectivity index (χ3n) is 7.65. The summed E-state index contributed by atoms with van der Waals surface area (Å²) in [7, 11) is 0. The number of fused-ring (bicyclic) bond motifs is 3. The molecule has 3 aromatic carbocycles. The van der Waals surface area contributed by atoms with E-state index in [9.17, 15) is 31.1 Å². The van der Waals surface area contributed by atoms with Gasteiger partial charge in [-0.3, -0.25) is 9.69 Å². The molecule has 1 aliphatic heterocycles. The predicted octanol–water partition coefficient (Wildman–Crippen LogP) is 7.22. The third-order valence-corrected chi connectivity index (χ3v) is 7.65. The number of amides is 1. The van der Waals surface area contributed by atoms with Gasteiger partial charge in [0.15, 0.2) is 0 Å². The van der Waals surface area contributed by atoms with Crippen LogP contribution in [0.25, 0.3) is 21.8 Å². The van der Waals surface area contributed by atoms with Crippen molar-refractivity contribution in [3.63, 3.8) is 0 Å². The molecule has 5 rings (SSSR count). The Bertz CT molecular complexity index is 1540. The van der Waals surface area contributed by atoms with Crippen molar-refractivity contribution in [2.45, 2.75) is 38.8 Å². The van der Waals surface area contributed by atoms with Crippen molar-refractivity contribution in [3.8, 4) is 0 Å². The zero-order valence-electron chi connectivity index (χ0n) is 23.1. The molecule has 2 heterocycles. The minimum Gasteiger partial charge on any atom is -0.379 e. The van der Waals surface area contributed by atoms with Gasteiger partial charge < -0.3 is 14.2 Å². The summed E-state index contributed by atoms with van der Waals surface area (Å²) in [5.41, 5.74) is -0.892. The Morgan fingerprint density at radius 1 is 0.857 bits per heavy atom. The van der Waals surface area contributed by atoms with E-state index in [1.54, 1.807) is 0 Å². The van der Waals surface area contributed by atoms with Crippen molar-refractivity contribution < 1.29 is 35.9 Å². The fraction of sp³-hybridized carbons (Fsp3) is 0.387. The van der Waals surface area contributed by atoms with Crippen LogP contribution in [-0.2, 0) is 30.2 Å². The molecule has 224 valence electrons. The normalized spacial score (nSPS) is 15.0. The molecule has 1 aliphatic rings. The van der Waals surface area contributed by atoms with Crippen LogP contribution in [0.4, 0.5) is 26.3 Å². The summed E-state index contributed by atoms with van der Waals surface area (Å²) in [6.45, 7) is 6.18. The first-order valence-corrected chi connectivity index (χ1v) is 13.8. The van der Waals surface area contributed by atoms with Gasteiger partial charge >= 0.3 is 12.4 Å². The highest BCUT2D eigenvalue weighted by molar-refractivity contribution is 6.08. The van der Waals surface area contributed by atoms with Crippen molar-refractivity contribution in [3.05, 3.63) is 82.9 Å². The van der Waals surface area contributed by atoms with Crippen molar-refractivity contribution in [2.24, 2.45) is 0 Å². The number of hydrogen-bond donors (Lipinski definition) is 0. The molecule has 4 aromatic rings. The molecule has 0 aliphatic carbocycles. The zero-order chi connectivity index (χ0) is 30.1. The second kappa shape index (κ2) is 12.0. The highest BCUT2D eigenvalue weighted by atomic mass is 19.4. The Balaban J connectivity index is 1.49. The molecule has 11 heteroatoms. The van der Waals surface area contributed by atoms with Gasteiger partial charge in [0, 0.05) is 66.6 Å². The van der Waals surface area contributed by atoms with E-state index in [0.717, 1.165) is 33.9 Å². The van der Waals surface area contributed by atoms with Gasteiger partial charge in [0.1, 0.15) is 0 Å². The van der Waals surface area contributed by atoms with Crippen molar-refractivity contribution in [1.29, 1.82) is 0 Å². The van der Waals surface area contributed by atoms with Crippen LogP contribution >= 0.6 is 0 Å². The molecule has 1 saturated heterocycles. The number of carbonyl (C=O) groups is 1. The van der Waals surface area contributed by atoms with E-state index < -0.39 is 35.0 Å². The number of morpholine rings is 1. The van der Waals surface area contributed by atoms with Gasteiger partial charge in [-0.05, 0) is 55.3 Å². The molecule has 5 nitrogen and oxygen atoms in total. The van der Waals surface area contributed by atoms with Gasteiger partial charge in [-0.25, -0.2) is 0 Å². The maximum absolute atomic E-state index is 13.7. The molecule has 0 N–H and O–H groups in total. The summed E-state index contributed by atoms with van der Waals surface area (Å²) in [6, 6.07) is 14.7. The van der Waals surface area contributed by atoms with Gasteiger partial charge in [0.2, 0.25) is 0 Å². The lowest BCUT2D eigenvalue weighted by molar-refractivity contribution is -0.143. The molecule has 0 atom stereocenters. The van der Waals surface area contributed by atoms with Crippen LogP contribution in [0.3, 0.4) is 0 Å². The first kappa shape index (κ1) is 29.9. The molecule has 0 spiro atoms. The lowest BCUT2D eigenvalue weighted by atomic mass is 10.0. The summed E-state index contributed by atoms with van der Waals surface area (Å²) >= 11 is 0. The highest BCUT2D eigenvalue weighted by Gasteiger charge is 2.38. The number of hydrogen-bond acceptors (Lipinski definition) is 3. The second-order valence-electron chi connectivity index (χ2n) is 10.4. The average Bonchev–Trinajstić information content (AvgIpc) is 3.28. The van der Waals surface area contributed by atoms with Gasteiger partial charge in [0.25, 0.3) is 5.91 Å². The first-order valence-electron chi connectivity index (χ1n) is 13.8. The molecule has 0 bridgehead atoms. The number of carbonyl (C=O) groups excluding carboxylic acids is 1. The van der Waals surface area contributed by atoms with Crippen molar-refractivity contribution in [2.75, 3.05) is 39.4 Å². The number of aryl methyl sites for hydroxylation is 1. The summed E-state index contributed by atoms with van der Waals surface area (Å²) in [5.74, 6) is -0.885. The summed E-state index contributed by atoms with van der Waals surface area (Å²) in [4.78, 5) is 17.2. The van der Waals surface area contributed by atoms with E-state index >= 15 is 0 Å². The lowest BCUT2D eigenvalue weighted by Crippen LogP contribution is -2.39. The van der Waals surface area contributed by atoms with E-state index in [1.807, 2.05) is 49.4 Å². The Hall–Kier alpha value is -3.57. The van der Waals surface area contributed by atoms with E-state index in [0.29, 0.717) is 51.4 Å². The van der Waals surface area contributed by atoms with Gasteiger partial charge in [-0.15, -0.1) is 0 Å². The Morgan fingerprint density at radius 2 is 1.50 bits per heavy atom. The summed E-state index contributed by atoms with van der Waals surface area (Å²) in [6.07, 6.45) is -9.60. The second-order valence-corrected chi connectivity index (χ2v) is 10.4. The fourth-order valence-corrected chi connectivity index (χ4v) is 5.58. The number of alkyl halides is 6. The fourth-order valence-electron chi connectivity index (χ4n) is 5.58. The van der Waals surface area contributed by atoms with Crippen molar-refractivity contribution in [1.82, 2.24) is 14.4 Å². The summed E-state index contributed by atoms with van der Waals surface area (Å²) < 4.78 is 88.9. The predicted molar refractivity (Wildman–Crippen MR) is 148 cm³/mol. The van der Waals surface area contributed by atoms with Gasteiger partial charge in [-0.1, -0.05) is 24.3 Å². The number of rotatable bonds is 8. The average molecular weight is 592 g/mol. The Morgan fingerprint density at radius 3 is 2.14 bits per heavy atom. The van der Waals surface area contributed by atoms with Crippen LogP contribution < -0.4 is 0 Å². The molecule has 0 radical (unpaired) electrons. The molecule has 0 unspecified atom stereocenters. The molecule has 42 heavy (non-hydrogen) atoms. The third kappa shape index (κ3) is 6.42. The smallest absolute Gasteiger partial charge is 0.379 e. The van der Waals surface area contributed by atoms with E-state index in [1.165, 1.54) is 4.90 Å². The van der Waals surface area contributed by atoms with E-state index in [4.69, 9.17) is 4.74 Å². The molecular formula is C31H31F6N3O2. The van der Waals surface area contributed by atoms with Crippen LogP contribution in [0, 0.1) is 0 Å². The largest absolute Gasteiger partial charge is 0.416 e. The number of aromatic nitrogens is 1. The van der Waals surface area contributed by atoms with Crippen LogP contribution in [0.15, 0.2) is 60.7 Å². The van der Waals surface area contributed by atoms with Gasteiger partial charge in [-0.2, -0.15) is 26.3 Å². The highest BCUT2D eigenvalue weighted by Crippen LogP contribution is 2.37. The minimum absolute atomic E-state index is 0.0289. The van der Waals surface area contributed by atoms with E-state index in [2.05, 4.69) is 9.47 Å². The SMILES string of the molecule is CCn1c2ccccc2c2cc(CN(CCCN3CCOCC3)C(=O)c3cc(C(F)(F)F)cc(C(F)(F)F)c3)ccc21. The van der Waals surface area contributed by atoms with Gasteiger partial charge in [0.05, 0.1) is 24.3 Å². The molecule has 1 fully saturated rings. The minimum atomic E-state index is -5.05. The summed E-state index contributed by atoms with van der Waals surface area (Å²) in [5, 5.41) is 1.98. The van der Waals surface area contributed by atoms with Crippen molar-refractivity contribution >= 4 is 27.7 Å². The maximum Gasteiger partial charge on any atom is 0.416 e. The lowest BCUT2D eigenvalue weighted by Gasteiger charge is -2.29. The topological polar surface area (TPSA) is 37.7 Å². The zero-order valence-corrected chi connectivity index (χ0v) is 23.1. The quantitative estimate of drug-likeness (QED) is 0.203. The van der Waals surface area contributed by atoms with Crippen LogP contribution in [0.5, 0.6) is 0 Å². The van der Waals surface area contributed by atoms with Crippen LogP contribution in [-0.4, -0.2) is 59.7 Å². The van der Waals surface area contributed by atoms with Crippen LogP contribution in [0.2, 0.25) is 0 Å². The molecule has 1 aromatic heterocycles. The monoisotopic (exact) mass is 591 g/mol. The molecular weight excluding hydrogens is 560 g/mol. The first-order chi connectivity index (χ1) is 20.0. The number of para-hydroxylation sites is 1. The molecule has 0 saturated carbocycles. The Kier molecular flexibility index (Phi) is 8.52.